The second-order valence-electron chi connectivity index (χ2n) is 7.36. The van der Waals surface area contributed by atoms with Crippen LogP contribution in [0.4, 0.5) is 5.69 Å². The quantitative estimate of drug-likeness (QED) is 0.823. The summed E-state index contributed by atoms with van der Waals surface area (Å²) in [6, 6.07) is 10.3. The van der Waals surface area contributed by atoms with Crippen molar-refractivity contribution >= 4 is 22.9 Å². The Balaban J connectivity index is 1.42. The Hall–Kier alpha value is -2.01. The standard InChI is InChI=1S/C21H26N2O2S/c1-15-7-8-19-16(13-15)14-20(26-19)21(24)23-11-9-22(10-12-23)17-5-3-4-6-18(17)25-2/h3-6,14-15H,7-13H2,1-2H3/t15-/m0/s1. The molecule has 1 fully saturated rings. The number of methoxy groups -OCH3 is 1. The number of hydrogen-bond donors (Lipinski definition) is 0. The molecule has 26 heavy (non-hydrogen) atoms. The number of ether oxygens (including phenoxy) is 1. The third-order valence-electron chi connectivity index (χ3n) is 5.53. The van der Waals surface area contributed by atoms with E-state index in [1.807, 2.05) is 23.1 Å². The van der Waals surface area contributed by atoms with Gasteiger partial charge in [0.25, 0.3) is 5.91 Å². The molecular weight excluding hydrogens is 344 g/mol. The number of amides is 1. The minimum absolute atomic E-state index is 0.205. The van der Waals surface area contributed by atoms with Gasteiger partial charge >= 0.3 is 0 Å². The zero-order valence-electron chi connectivity index (χ0n) is 15.5. The van der Waals surface area contributed by atoms with Crippen molar-refractivity contribution in [3.8, 4) is 5.75 Å². The van der Waals surface area contributed by atoms with Gasteiger partial charge in [-0.15, -0.1) is 11.3 Å². The average molecular weight is 371 g/mol. The van der Waals surface area contributed by atoms with E-state index in [4.69, 9.17) is 4.74 Å². The molecule has 138 valence electrons. The minimum Gasteiger partial charge on any atom is -0.495 e. The molecule has 0 bridgehead atoms. The summed E-state index contributed by atoms with van der Waals surface area (Å²) in [5.41, 5.74) is 2.52. The monoisotopic (exact) mass is 370 g/mol. The molecule has 5 heteroatoms. The highest BCUT2D eigenvalue weighted by atomic mass is 32.1. The molecule has 1 amide bonds. The molecule has 2 heterocycles. The van der Waals surface area contributed by atoms with Crippen molar-refractivity contribution in [1.29, 1.82) is 0 Å². The number of thiophene rings is 1. The van der Waals surface area contributed by atoms with E-state index >= 15 is 0 Å². The molecule has 1 saturated heterocycles. The van der Waals surface area contributed by atoms with Crippen LogP contribution in [0.15, 0.2) is 30.3 Å². The third kappa shape index (κ3) is 3.32. The van der Waals surface area contributed by atoms with Gasteiger partial charge in [0.1, 0.15) is 5.75 Å². The van der Waals surface area contributed by atoms with Gasteiger partial charge in [0.05, 0.1) is 17.7 Å². The van der Waals surface area contributed by atoms with Crippen molar-refractivity contribution in [2.45, 2.75) is 26.2 Å². The lowest BCUT2D eigenvalue weighted by atomic mass is 9.90. The fourth-order valence-corrected chi connectivity index (χ4v) is 5.18. The molecule has 4 rings (SSSR count). The van der Waals surface area contributed by atoms with E-state index in [1.54, 1.807) is 18.4 Å². The SMILES string of the molecule is COc1ccccc1N1CCN(C(=O)c2cc3c(s2)CC[C@H](C)C3)CC1. The van der Waals surface area contributed by atoms with Gasteiger partial charge in [-0.1, -0.05) is 19.1 Å². The lowest BCUT2D eigenvalue weighted by Gasteiger charge is -2.36. The molecule has 1 atom stereocenters. The van der Waals surface area contributed by atoms with Gasteiger partial charge in [-0.2, -0.15) is 0 Å². The molecular formula is C21H26N2O2S. The highest BCUT2D eigenvalue weighted by molar-refractivity contribution is 7.14. The fraction of sp³-hybridized carbons (Fsp3) is 0.476. The number of anilines is 1. The number of para-hydroxylation sites is 2. The molecule has 4 nitrogen and oxygen atoms in total. The molecule has 1 aromatic heterocycles. The van der Waals surface area contributed by atoms with E-state index in [0.717, 1.165) is 61.3 Å². The molecule has 0 unspecified atom stereocenters. The van der Waals surface area contributed by atoms with E-state index in [1.165, 1.54) is 16.9 Å². The molecule has 0 spiro atoms. The smallest absolute Gasteiger partial charge is 0.264 e. The lowest BCUT2D eigenvalue weighted by molar-refractivity contribution is 0.0751. The Morgan fingerprint density at radius 1 is 1.19 bits per heavy atom. The van der Waals surface area contributed by atoms with Crippen LogP contribution in [0, 0.1) is 5.92 Å². The van der Waals surface area contributed by atoms with Gasteiger partial charge in [0.2, 0.25) is 0 Å². The summed E-state index contributed by atoms with van der Waals surface area (Å²) >= 11 is 1.72. The summed E-state index contributed by atoms with van der Waals surface area (Å²) < 4.78 is 5.48. The van der Waals surface area contributed by atoms with Gasteiger partial charge < -0.3 is 14.5 Å². The van der Waals surface area contributed by atoms with Crippen LogP contribution in [0.1, 0.15) is 33.5 Å². The average Bonchev–Trinajstić information content (AvgIpc) is 3.10. The first-order chi connectivity index (χ1) is 12.7. The van der Waals surface area contributed by atoms with E-state index in [9.17, 15) is 4.79 Å². The Morgan fingerprint density at radius 3 is 2.73 bits per heavy atom. The van der Waals surface area contributed by atoms with Crippen molar-refractivity contribution in [2.24, 2.45) is 5.92 Å². The molecule has 1 aromatic carbocycles. The number of nitrogens with zero attached hydrogens (tertiary/aromatic N) is 2. The van der Waals surface area contributed by atoms with Gasteiger partial charge in [0.15, 0.2) is 0 Å². The summed E-state index contributed by atoms with van der Waals surface area (Å²) in [7, 11) is 1.71. The number of fused-ring (bicyclic) bond motifs is 1. The first kappa shape index (κ1) is 17.4. The highest BCUT2D eigenvalue weighted by Crippen LogP contribution is 2.33. The van der Waals surface area contributed by atoms with Crippen LogP contribution in [0.2, 0.25) is 0 Å². The van der Waals surface area contributed by atoms with Crippen molar-refractivity contribution < 1.29 is 9.53 Å². The molecule has 1 aliphatic carbocycles. The zero-order valence-corrected chi connectivity index (χ0v) is 16.3. The van der Waals surface area contributed by atoms with Crippen LogP contribution < -0.4 is 9.64 Å². The fourth-order valence-electron chi connectivity index (χ4n) is 4.01. The normalized spacial score (nSPS) is 20.0. The van der Waals surface area contributed by atoms with Crippen molar-refractivity contribution in [3.05, 3.63) is 45.6 Å². The maximum Gasteiger partial charge on any atom is 0.264 e. The van der Waals surface area contributed by atoms with E-state index in [-0.39, 0.29) is 5.91 Å². The van der Waals surface area contributed by atoms with Crippen molar-refractivity contribution in [3.63, 3.8) is 0 Å². The zero-order chi connectivity index (χ0) is 18.1. The predicted octanol–water partition coefficient (Wildman–Crippen LogP) is 3.84. The highest BCUT2D eigenvalue weighted by Gasteiger charge is 2.26. The maximum absolute atomic E-state index is 13.0. The number of rotatable bonds is 3. The Labute approximate surface area is 159 Å². The summed E-state index contributed by atoms with van der Waals surface area (Å²) in [4.78, 5) is 19.6. The first-order valence-corrected chi connectivity index (χ1v) is 10.3. The lowest BCUT2D eigenvalue weighted by Crippen LogP contribution is -2.48. The summed E-state index contributed by atoms with van der Waals surface area (Å²) in [6.45, 7) is 5.51. The maximum atomic E-state index is 13.0. The van der Waals surface area contributed by atoms with Crippen LogP contribution >= 0.6 is 11.3 Å². The topological polar surface area (TPSA) is 32.8 Å². The molecule has 0 saturated carbocycles. The summed E-state index contributed by atoms with van der Waals surface area (Å²) in [6.07, 6.45) is 3.51. The second-order valence-corrected chi connectivity index (χ2v) is 8.49. The van der Waals surface area contributed by atoms with Crippen LogP contribution in [-0.2, 0) is 12.8 Å². The van der Waals surface area contributed by atoms with E-state index in [0.29, 0.717) is 0 Å². The molecule has 2 aliphatic rings. The van der Waals surface area contributed by atoms with Crippen molar-refractivity contribution in [2.75, 3.05) is 38.2 Å². The second kappa shape index (κ2) is 7.31. The van der Waals surface area contributed by atoms with E-state index < -0.39 is 0 Å². The molecule has 2 aromatic rings. The Bertz CT molecular complexity index is 793. The predicted molar refractivity (Wildman–Crippen MR) is 107 cm³/mol. The Morgan fingerprint density at radius 2 is 1.96 bits per heavy atom. The number of carbonyl (C=O) groups excluding carboxylic acids is 1. The van der Waals surface area contributed by atoms with Crippen LogP contribution in [0.3, 0.4) is 0 Å². The van der Waals surface area contributed by atoms with Crippen LogP contribution in [0.25, 0.3) is 0 Å². The van der Waals surface area contributed by atoms with Gasteiger partial charge in [0, 0.05) is 31.1 Å². The number of hydrogen-bond acceptors (Lipinski definition) is 4. The molecule has 1 aliphatic heterocycles. The van der Waals surface area contributed by atoms with Crippen molar-refractivity contribution in [1.82, 2.24) is 4.90 Å². The molecule has 0 radical (unpaired) electrons. The number of piperazine rings is 1. The summed E-state index contributed by atoms with van der Waals surface area (Å²) in [5.74, 6) is 1.84. The van der Waals surface area contributed by atoms with Gasteiger partial charge in [-0.25, -0.2) is 0 Å². The molecule has 0 N–H and O–H groups in total. The third-order valence-corrected chi connectivity index (χ3v) is 6.76. The minimum atomic E-state index is 0.205. The van der Waals surface area contributed by atoms with E-state index in [2.05, 4.69) is 24.0 Å². The van der Waals surface area contributed by atoms with Gasteiger partial charge in [-0.3, -0.25) is 4.79 Å². The number of aryl methyl sites for hydroxylation is 1. The Kier molecular flexibility index (Phi) is 4.90. The summed E-state index contributed by atoms with van der Waals surface area (Å²) in [5, 5.41) is 0. The number of carbonyl (C=O) groups is 1. The van der Waals surface area contributed by atoms with Crippen LogP contribution in [0.5, 0.6) is 5.75 Å². The van der Waals surface area contributed by atoms with Gasteiger partial charge in [-0.05, 0) is 48.9 Å². The first-order valence-electron chi connectivity index (χ1n) is 9.44. The number of benzene rings is 1. The largest absolute Gasteiger partial charge is 0.495 e. The van der Waals surface area contributed by atoms with Crippen LogP contribution in [-0.4, -0.2) is 44.1 Å².